The number of carbonyl (C=O) groups excluding carboxylic acids is 1. The lowest BCUT2D eigenvalue weighted by molar-refractivity contribution is 0.0200. The summed E-state index contributed by atoms with van der Waals surface area (Å²) in [7, 11) is 0. The molecule has 24 heavy (non-hydrogen) atoms. The SMILES string of the molecule is CCC12C=CC(O1)C(C(=O)c1ccccc1)C2c1cccc(Br)c1. The third-order valence-electron chi connectivity index (χ3n) is 5.28. The zero-order valence-electron chi connectivity index (χ0n) is 13.5. The molecule has 0 spiro atoms. The number of hydrogen-bond donors (Lipinski definition) is 0. The highest BCUT2D eigenvalue weighted by Crippen LogP contribution is 2.55. The monoisotopic (exact) mass is 382 g/mol. The van der Waals surface area contributed by atoms with Crippen molar-refractivity contribution in [1.82, 2.24) is 0 Å². The molecule has 2 heterocycles. The van der Waals surface area contributed by atoms with Crippen LogP contribution in [0.2, 0.25) is 0 Å². The number of ether oxygens (including phenoxy) is 1. The van der Waals surface area contributed by atoms with Crippen LogP contribution in [0.3, 0.4) is 0 Å². The first-order valence-corrected chi connectivity index (χ1v) is 9.16. The lowest BCUT2D eigenvalue weighted by atomic mass is 9.68. The highest BCUT2D eigenvalue weighted by molar-refractivity contribution is 9.10. The molecule has 4 unspecified atom stereocenters. The molecule has 2 aliphatic heterocycles. The number of ketones is 1. The number of carbonyl (C=O) groups is 1. The average Bonchev–Trinajstić information content (AvgIpc) is 3.19. The summed E-state index contributed by atoms with van der Waals surface area (Å²) in [6.45, 7) is 2.13. The van der Waals surface area contributed by atoms with Crippen molar-refractivity contribution in [3.63, 3.8) is 0 Å². The maximum Gasteiger partial charge on any atom is 0.169 e. The molecular weight excluding hydrogens is 364 g/mol. The molecule has 2 nitrogen and oxygen atoms in total. The lowest BCUT2D eigenvalue weighted by Gasteiger charge is -2.33. The summed E-state index contributed by atoms with van der Waals surface area (Å²) in [6, 6.07) is 17.8. The van der Waals surface area contributed by atoms with Gasteiger partial charge in [-0.15, -0.1) is 0 Å². The maximum atomic E-state index is 13.2. The van der Waals surface area contributed by atoms with Gasteiger partial charge in [0.25, 0.3) is 0 Å². The molecule has 2 bridgehead atoms. The van der Waals surface area contributed by atoms with Crippen molar-refractivity contribution in [2.24, 2.45) is 5.92 Å². The van der Waals surface area contributed by atoms with E-state index in [1.54, 1.807) is 0 Å². The van der Waals surface area contributed by atoms with Gasteiger partial charge in [0.2, 0.25) is 0 Å². The molecule has 0 aromatic heterocycles. The number of rotatable bonds is 4. The minimum absolute atomic E-state index is 0.0442. The van der Waals surface area contributed by atoms with Gasteiger partial charge in [-0.25, -0.2) is 0 Å². The van der Waals surface area contributed by atoms with Crippen LogP contribution in [-0.2, 0) is 4.74 Å². The Morgan fingerprint density at radius 1 is 1.17 bits per heavy atom. The molecule has 0 aliphatic carbocycles. The Bertz CT molecular complexity index is 798. The van der Waals surface area contributed by atoms with Crippen LogP contribution < -0.4 is 0 Å². The van der Waals surface area contributed by atoms with E-state index in [4.69, 9.17) is 4.74 Å². The zero-order valence-corrected chi connectivity index (χ0v) is 15.1. The van der Waals surface area contributed by atoms with Gasteiger partial charge in [0, 0.05) is 16.0 Å². The standard InChI is InChI=1S/C21H19BrO2/c1-2-21-12-11-17(24-21)18(20(23)14-7-4-3-5-8-14)19(21)15-9-6-10-16(22)13-15/h3-13,17-19H,2H2,1H3. The fraction of sp³-hybridized carbons (Fsp3) is 0.286. The molecule has 1 saturated heterocycles. The molecule has 0 saturated carbocycles. The average molecular weight is 383 g/mol. The van der Waals surface area contributed by atoms with Gasteiger partial charge in [-0.2, -0.15) is 0 Å². The Hall–Kier alpha value is -1.71. The quantitative estimate of drug-likeness (QED) is 0.539. The van der Waals surface area contributed by atoms with Crippen LogP contribution in [0.1, 0.15) is 35.2 Å². The van der Waals surface area contributed by atoms with Gasteiger partial charge in [0.1, 0.15) is 0 Å². The lowest BCUT2D eigenvalue weighted by Crippen LogP contribution is -2.36. The minimum atomic E-state index is -0.374. The van der Waals surface area contributed by atoms with Gasteiger partial charge in [-0.1, -0.05) is 77.5 Å². The summed E-state index contributed by atoms with van der Waals surface area (Å²) in [5.74, 6) is 0.0413. The zero-order chi connectivity index (χ0) is 16.7. The molecule has 3 heteroatoms. The molecular formula is C21H19BrO2. The molecule has 122 valence electrons. The third kappa shape index (κ3) is 2.38. The summed E-state index contributed by atoms with van der Waals surface area (Å²) in [5, 5.41) is 0. The second-order valence-electron chi connectivity index (χ2n) is 6.54. The molecule has 2 aromatic carbocycles. The summed E-state index contributed by atoms with van der Waals surface area (Å²) in [5.41, 5.74) is 1.55. The first-order chi connectivity index (χ1) is 11.6. The van der Waals surface area contributed by atoms with E-state index in [-0.39, 0.29) is 29.3 Å². The van der Waals surface area contributed by atoms with E-state index in [0.717, 1.165) is 22.0 Å². The van der Waals surface area contributed by atoms with E-state index >= 15 is 0 Å². The van der Waals surface area contributed by atoms with Gasteiger partial charge in [0.15, 0.2) is 5.78 Å². The van der Waals surface area contributed by atoms with E-state index in [2.05, 4.69) is 47.1 Å². The molecule has 1 fully saturated rings. The van der Waals surface area contributed by atoms with E-state index in [0.29, 0.717) is 0 Å². The fourth-order valence-electron chi connectivity index (χ4n) is 4.16. The predicted octanol–water partition coefficient (Wildman–Crippen LogP) is 5.15. The van der Waals surface area contributed by atoms with Gasteiger partial charge < -0.3 is 4.74 Å². The fourth-order valence-corrected chi connectivity index (χ4v) is 4.58. The van der Waals surface area contributed by atoms with Crippen LogP contribution in [0.15, 0.2) is 71.2 Å². The number of hydrogen-bond acceptors (Lipinski definition) is 2. The number of halogens is 1. The van der Waals surface area contributed by atoms with Crippen LogP contribution in [0.5, 0.6) is 0 Å². The van der Waals surface area contributed by atoms with Crippen LogP contribution in [0.4, 0.5) is 0 Å². The Balaban J connectivity index is 1.80. The van der Waals surface area contributed by atoms with Crippen molar-refractivity contribution in [2.45, 2.75) is 31.0 Å². The summed E-state index contributed by atoms with van der Waals surface area (Å²) in [4.78, 5) is 13.2. The van der Waals surface area contributed by atoms with Crippen LogP contribution in [-0.4, -0.2) is 17.5 Å². The van der Waals surface area contributed by atoms with E-state index in [1.165, 1.54) is 0 Å². The summed E-state index contributed by atoms with van der Waals surface area (Å²) < 4.78 is 7.36. The normalized spacial score (nSPS) is 30.7. The van der Waals surface area contributed by atoms with Crippen molar-refractivity contribution < 1.29 is 9.53 Å². The minimum Gasteiger partial charge on any atom is -0.362 e. The Kier molecular flexibility index (Phi) is 3.93. The molecule has 2 aromatic rings. The molecule has 4 atom stereocenters. The van der Waals surface area contributed by atoms with E-state index < -0.39 is 0 Å². The highest BCUT2D eigenvalue weighted by Gasteiger charge is 2.58. The Morgan fingerprint density at radius 2 is 1.96 bits per heavy atom. The van der Waals surface area contributed by atoms with E-state index in [1.807, 2.05) is 42.5 Å². The third-order valence-corrected chi connectivity index (χ3v) is 5.78. The topological polar surface area (TPSA) is 26.3 Å². The second-order valence-corrected chi connectivity index (χ2v) is 7.45. The number of benzene rings is 2. The van der Waals surface area contributed by atoms with Crippen LogP contribution in [0.25, 0.3) is 0 Å². The highest BCUT2D eigenvalue weighted by atomic mass is 79.9. The van der Waals surface area contributed by atoms with Crippen molar-refractivity contribution in [3.8, 4) is 0 Å². The van der Waals surface area contributed by atoms with Gasteiger partial charge in [-0.3, -0.25) is 4.79 Å². The van der Waals surface area contributed by atoms with Gasteiger partial charge in [0.05, 0.1) is 17.6 Å². The van der Waals surface area contributed by atoms with Gasteiger partial charge in [-0.05, 0) is 24.1 Å². The Labute approximate surface area is 150 Å². The first-order valence-electron chi connectivity index (χ1n) is 8.36. The van der Waals surface area contributed by atoms with Crippen molar-refractivity contribution in [1.29, 1.82) is 0 Å². The van der Waals surface area contributed by atoms with Crippen molar-refractivity contribution >= 4 is 21.7 Å². The second kappa shape index (κ2) is 5.98. The molecule has 0 N–H and O–H groups in total. The van der Waals surface area contributed by atoms with Crippen LogP contribution in [0, 0.1) is 5.92 Å². The van der Waals surface area contributed by atoms with Gasteiger partial charge >= 0.3 is 0 Å². The molecule has 2 aliphatic rings. The predicted molar refractivity (Wildman–Crippen MR) is 98.2 cm³/mol. The number of fused-ring (bicyclic) bond motifs is 2. The smallest absolute Gasteiger partial charge is 0.169 e. The van der Waals surface area contributed by atoms with Crippen molar-refractivity contribution in [3.05, 3.63) is 82.3 Å². The van der Waals surface area contributed by atoms with Crippen molar-refractivity contribution in [2.75, 3.05) is 0 Å². The van der Waals surface area contributed by atoms with E-state index in [9.17, 15) is 4.79 Å². The maximum absolute atomic E-state index is 13.2. The molecule has 0 radical (unpaired) electrons. The number of Topliss-reactive ketones (excluding diaryl/α,β-unsaturated/α-hetero) is 1. The molecule has 0 amide bonds. The van der Waals surface area contributed by atoms with Crippen LogP contribution >= 0.6 is 15.9 Å². The first kappa shape index (κ1) is 15.8. The largest absolute Gasteiger partial charge is 0.362 e. The summed E-state index contributed by atoms with van der Waals surface area (Å²) >= 11 is 3.56. The Morgan fingerprint density at radius 3 is 2.67 bits per heavy atom. The molecule has 4 rings (SSSR count). The summed E-state index contributed by atoms with van der Waals surface area (Å²) in [6.07, 6.45) is 4.96.